The van der Waals surface area contributed by atoms with Crippen LogP contribution in [0.1, 0.15) is 13.3 Å². The molecule has 5 nitrogen and oxygen atoms in total. The third-order valence-electron chi connectivity index (χ3n) is 3.80. The fraction of sp³-hybridized carbons (Fsp3) is 0.588. The molecule has 6 heteroatoms. The Kier molecular flexibility index (Phi) is 7.71. The molecule has 1 aliphatic rings. The van der Waals surface area contributed by atoms with Gasteiger partial charge >= 0.3 is 0 Å². The topological polar surface area (TPSA) is 50.8 Å². The van der Waals surface area contributed by atoms with Gasteiger partial charge in [0.1, 0.15) is 5.75 Å². The van der Waals surface area contributed by atoms with Crippen LogP contribution < -0.4 is 10.1 Å². The average Bonchev–Trinajstić information content (AvgIpc) is 2.60. The Labute approximate surface area is 142 Å². The van der Waals surface area contributed by atoms with Crippen LogP contribution in [-0.4, -0.2) is 62.6 Å². The van der Waals surface area contributed by atoms with E-state index in [1.54, 1.807) is 18.9 Å². The summed E-state index contributed by atoms with van der Waals surface area (Å²) in [7, 11) is 1.65. The molecule has 0 spiro atoms. The number of benzene rings is 1. The van der Waals surface area contributed by atoms with Gasteiger partial charge in [-0.15, -0.1) is 11.8 Å². The first kappa shape index (κ1) is 18.1. The molecular weight excluding hydrogens is 312 g/mol. The molecule has 1 saturated heterocycles. The number of hydrogen-bond donors (Lipinski definition) is 1. The third kappa shape index (κ3) is 6.41. The highest BCUT2D eigenvalue weighted by Crippen LogP contribution is 2.25. The lowest BCUT2D eigenvalue weighted by molar-refractivity contribution is -0.120. The van der Waals surface area contributed by atoms with Crippen molar-refractivity contribution in [2.24, 2.45) is 0 Å². The minimum atomic E-state index is -0.105. The SMILES string of the molecule is COc1ccc(SC(C)C(=O)NCCCN2CCOCC2)cc1. The van der Waals surface area contributed by atoms with Gasteiger partial charge in [0.2, 0.25) is 5.91 Å². The molecule has 1 amide bonds. The van der Waals surface area contributed by atoms with Gasteiger partial charge in [-0.3, -0.25) is 9.69 Å². The minimum absolute atomic E-state index is 0.0906. The zero-order valence-corrected chi connectivity index (χ0v) is 14.7. The fourth-order valence-electron chi connectivity index (χ4n) is 2.39. The van der Waals surface area contributed by atoms with Crippen molar-refractivity contribution < 1.29 is 14.3 Å². The van der Waals surface area contributed by atoms with E-state index in [4.69, 9.17) is 9.47 Å². The van der Waals surface area contributed by atoms with Gasteiger partial charge in [-0.1, -0.05) is 0 Å². The monoisotopic (exact) mass is 338 g/mol. The molecule has 23 heavy (non-hydrogen) atoms. The Balaban J connectivity index is 1.63. The second kappa shape index (κ2) is 9.80. The van der Waals surface area contributed by atoms with Crippen molar-refractivity contribution in [3.63, 3.8) is 0 Å². The van der Waals surface area contributed by atoms with Gasteiger partial charge in [0, 0.05) is 24.5 Å². The van der Waals surface area contributed by atoms with Crippen LogP contribution in [0.2, 0.25) is 0 Å². The average molecular weight is 338 g/mol. The molecule has 0 radical (unpaired) electrons. The van der Waals surface area contributed by atoms with Crippen molar-refractivity contribution in [1.29, 1.82) is 0 Å². The number of methoxy groups -OCH3 is 1. The van der Waals surface area contributed by atoms with E-state index in [1.807, 2.05) is 31.2 Å². The summed E-state index contributed by atoms with van der Waals surface area (Å²) in [5.41, 5.74) is 0. The molecule has 1 unspecified atom stereocenters. The molecule has 1 N–H and O–H groups in total. The quantitative estimate of drug-likeness (QED) is 0.580. The lowest BCUT2D eigenvalue weighted by Gasteiger charge is -2.26. The molecule has 0 saturated carbocycles. The van der Waals surface area contributed by atoms with Gasteiger partial charge in [0.15, 0.2) is 0 Å². The van der Waals surface area contributed by atoms with E-state index in [2.05, 4.69) is 10.2 Å². The maximum atomic E-state index is 12.1. The molecule has 1 aromatic carbocycles. The maximum Gasteiger partial charge on any atom is 0.233 e. The fourth-order valence-corrected chi connectivity index (χ4v) is 3.29. The summed E-state index contributed by atoms with van der Waals surface area (Å²) in [6, 6.07) is 7.78. The van der Waals surface area contributed by atoms with Crippen molar-refractivity contribution in [2.75, 3.05) is 46.5 Å². The van der Waals surface area contributed by atoms with Crippen molar-refractivity contribution in [1.82, 2.24) is 10.2 Å². The van der Waals surface area contributed by atoms with E-state index in [0.717, 1.165) is 56.5 Å². The van der Waals surface area contributed by atoms with Gasteiger partial charge in [-0.05, 0) is 44.2 Å². The summed E-state index contributed by atoms with van der Waals surface area (Å²) in [5, 5.41) is 2.92. The maximum absolute atomic E-state index is 12.1. The number of thioether (sulfide) groups is 1. The molecule has 1 atom stereocenters. The molecule has 1 heterocycles. The van der Waals surface area contributed by atoms with Crippen LogP contribution in [0.4, 0.5) is 0 Å². The molecule has 1 aromatic rings. The van der Waals surface area contributed by atoms with Crippen LogP contribution in [0.25, 0.3) is 0 Å². The first-order valence-electron chi connectivity index (χ1n) is 8.07. The molecule has 128 valence electrons. The zero-order valence-electron chi connectivity index (χ0n) is 13.9. The Hall–Kier alpha value is -1.24. The van der Waals surface area contributed by atoms with Crippen LogP contribution in [-0.2, 0) is 9.53 Å². The van der Waals surface area contributed by atoms with E-state index >= 15 is 0 Å². The van der Waals surface area contributed by atoms with Crippen molar-refractivity contribution in [3.05, 3.63) is 24.3 Å². The smallest absolute Gasteiger partial charge is 0.233 e. The standard InChI is InChI=1S/C17H26N2O3S/c1-14(23-16-6-4-15(21-2)5-7-16)17(20)18-8-3-9-19-10-12-22-13-11-19/h4-7,14H,3,8-13H2,1-2H3,(H,18,20). The second-order valence-electron chi connectivity index (χ2n) is 5.53. The van der Waals surface area contributed by atoms with E-state index in [-0.39, 0.29) is 11.2 Å². The Morgan fingerprint density at radius 3 is 2.70 bits per heavy atom. The van der Waals surface area contributed by atoms with Crippen molar-refractivity contribution in [2.45, 2.75) is 23.5 Å². The van der Waals surface area contributed by atoms with Crippen LogP contribution in [0.3, 0.4) is 0 Å². The Bertz CT molecular complexity index is 475. The second-order valence-corrected chi connectivity index (χ2v) is 6.95. The number of carbonyl (C=O) groups is 1. The molecule has 0 bridgehead atoms. The number of rotatable bonds is 8. The summed E-state index contributed by atoms with van der Waals surface area (Å²) < 4.78 is 10.5. The van der Waals surface area contributed by atoms with Crippen LogP contribution in [0.15, 0.2) is 29.2 Å². The number of ether oxygens (including phenoxy) is 2. The minimum Gasteiger partial charge on any atom is -0.497 e. The van der Waals surface area contributed by atoms with Crippen LogP contribution in [0, 0.1) is 0 Å². The largest absolute Gasteiger partial charge is 0.497 e. The van der Waals surface area contributed by atoms with Gasteiger partial charge in [-0.25, -0.2) is 0 Å². The summed E-state index contributed by atoms with van der Waals surface area (Å²) >= 11 is 1.56. The molecule has 0 aliphatic carbocycles. The van der Waals surface area contributed by atoms with E-state index in [1.165, 1.54) is 0 Å². The lowest BCUT2D eigenvalue weighted by atomic mass is 10.3. The van der Waals surface area contributed by atoms with Crippen molar-refractivity contribution >= 4 is 17.7 Å². The van der Waals surface area contributed by atoms with Crippen molar-refractivity contribution in [3.8, 4) is 5.75 Å². The van der Waals surface area contributed by atoms with Gasteiger partial charge in [-0.2, -0.15) is 0 Å². The molecular formula is C17H26N2O3S. The number of morpholine rings is 1. The summed E-state index contributed by atoms with van der Waals surface area (Å²) in [5.74, 6) is 0.919. The number of hydrogen-bond acceptors (Lipinski definition) is 5. The van der Waals surface area contributed by atoms with Crippen LogP contribution in [0.5, 0.6) is 5.75 Å². The van der Waals surface area contributed by atoms with Gasteiger partial charge in [0.25, 0.3) is 0 Å². The molecule has 0 aromatic heterocycles. The molecule has 1 aliphatic heterocycles. The summed E-state index contributed by atoms with van der Waals surface area (Å²) in [4.78, 5) is 15.6. The summed E-state index contributed by atoms with van der Waals surface area (Å²) in [6.07, 6.45) is 0.978. The summed E-state index contributed by atoms with van der Waals surface area (Å²) in [6.45, 7) is 7.32. The number of nitrogens with zero attached hydrogens (tertiary/aromatic N) is 1. The van der Waals surface area contributed by atoms with Gasteiger partial charge in [0.05, 0.1) is 25.6 Å². The number of nitrogens with one attached hydrogen (secondary N) is 1. The number of carbonyl (C=O) groups excluding carboxylic acids is 1. The molecule has 2 rings (SSSR count). The van der Waals surface area contributed by atoms with Gasteiger partial charge < -0.3 is 14.8 Å². The van der Waals surface area contributed by atoms with E-state index in [9.17, 15) is 4.79 Å². The highest BCUT2D eigenvalue weighted by Gasteiger charge is 2.14. The predicted octanol–water partition coefficient (Wildman–Crippen LogP) is 2.01. The normalized spacial score (nSPS) is 16.8. The first-order valence-corrected chi connectivity index (χ1v) is 8.95. The highest BCUT2D eigenvalue weighted by atomic mass is 32.2. The lowest BCUT2D eigenvalue weighted by Crippen LogP contribution is -2.38. The van der Waals surface area contributed by atoms with Crippen LogP contribution >= 0.6 is 11.8 Å². The molecule has 1 fully saturated rings. The third-order valence-corrected chi connectivity index (χ3v) is 4.91. The highest BCUT2D eigenvalue weighted by molar-refractivity contribution is 8.00. The zero-order chi connectivity index (χ0) is 16.5. The first-order chi connectivity index (χ1) is 11.2. The van der Waals surface area contributed by atoms with E-state index in [0.29, 0.717) is 0 Å². The van der Waals surface area contributed by atoms with E-state index < -0.39 is 0 Å². The predicted molar refractivity (Wildman–Crippen MR) is 93.2 cm³/mol. The Morgan fingerprint density at radius 2 is 2.04 bits per heavy atom. The Morgan fingerprint density at radius 1 is 1.35 bits per heavy atom. The number of amides is 1.